The van der Waals surface area contributed by atoms with Gasteiger partial charge in [-0.25, -0.2) is 0 Å². The number of nitrogens with two attached hydrogens (primary N) is 1. The highest BCUT2D eigenvalue weighted by atomic mass is 32.2. The van der Waals surface area contributed by atoms with E-state index in [9.17, 15) is 9.59 Å². The Morgan fingerprint density at radius 2 is 1.88 bits per heavy atom. The van der Waals surface area contributed by atoms with Crippen LogP contribution in [0, 0.1) is 0 Å². The molecule has 0 aliphatic carbocycles. The van der Waals surface area contributed by atoms with Crippen LogP contribution in [0.4, 0.5) is 0 Å². The van der Waals surface area contributed by atoms with Crippen LogP contribution in [-0.4, -0.2) is 72.4 Å². The molecule has 0 bridgehead atoms. The van der Waals surface area contributed by atoms with Gasteiger partial charge in [-0.1, -0.05) is 30.3 Å². The number of amides is 2. The van der Waals surface area contributed by atoms with E-state index in [1.165, 1.54) is 5.56 Å². The SMILES string of the molecule is CSCC[C@H](N)C(=O)NCC(=O)N1CCN(Cc2ccccc2)CC1. The Bertz CT molecular complexity index is 547. The minimum absolute atomic E-state index is 0.0322. The smallest absolute Gasteiger partial charge is 0.242 e. The molecule has 1 fully saturated rings. The van der Waals surface area contributed by atoms with Crippen molar-refractivity contribution in [1.29, 1.82) is 0 Å². The van der Waals surface area contributed by atoms with E-state index in [0.29, 0.717) is 19.5 Å². The average molecular weight is 365 g/mol. The van der Waals surface area contributed by atoms with Gasteiger partial charge in [0.25, 0.3) is 0 Å². The van der Waals surface area contributed by atoms with Crippen LogP contribution in [0.5, 0.6) is 0 Å². The molecular formula is C18H28N4O2S. The van der Waals surface area contributed by atoms with E-state index in [1.54, 1.807) is 11.8 Å². The number of thioether (sulfide) groups is 1. The molecular weight excluding hydrogens is 336 g/mol. The highest BCUT2D eigenvalue weighted by Crippen LogP contribution is 2.08. The second kappa shape index (κ2) is 10.4. The Hall–Kier alpha value is -1.57. The second-order valence-corrected chi connectivity index (χ2v) is 7.23. The second-order valence-electron chi connectivity index (χ2n) is 6.25. The topological polar surface area (TPSA) is 78.7 Å². The van der Waals surface area contributed by atoms with Crippen molar-refractivity contribution in [3.8, 4) is 0 Å². The lowest BCUT2D eigenvalue weighted by molar-refractivity contribution is -0.134. The number of piperazine rings is 1. The van der Waals surface area contributed by atoms with Crippen LogP contribution in [0.15, 0.2) is 30.3 Å². The van der Waals surface area contributed by atoms with Crippen LogP contribution >= 0.6 is 11.8 Å². The minimum Gasteiger partial charge on any atom is -0.346 e. The highest BCUT2D eigenvalue weighted by molar-refractivity contribution is 7.98. The fraction of sp³-hybridized carbons (Fsp3) is 0.556. The van der Waals surface area contributed by atoms with Gasteiger partial charge in [0.15, 0.2) is 0 Å². The fourth-order valence-corrected chi connectivity index (χ4v) is 3.27. The van der Waals surface area contributed by atoms with E-state index in [-0.39, 0.29) is 18.4 Å². The lowest BCUT2D eigenvalue weighted by Gasteiger charge is -2.34. The molecule has 0 unspecified atom stereocenters. The summed E-state index contributed by atoms with van der Waals surface area (Å²) < 4.78 is 0. The Balaban J connectivity index is 1.68. The third-order valence-electron chi connectivity index (χ3n) is 4.36. The van der Waals surface area contributed by atoms with Gasteiger partial charge in [0.05, 0.1) is 12.6 Å². The molecule has 1 aliphatic heterocycles. The number of rotatable bonds is 8. The first kappa shape index (κ1) is 19.8. The zero-order valence-corrected chi connectivity index (χ0v) is 15.6. The van der Waals surface area contributed by atoms with E-state index < -0.39 is 6.04 Å². The van der Waals surface area contributed by atoms with Crippen molar-refractivity contribution in [2.75, 3.05) is 44.7 Å². The molecule has 1 aromatic carbocycles. The van der Waals surface area contributed by atoms with Crippen LogP contribution in [0.25, 0.3) is 0 Å². The molecule has 1 aliphatic rings. The molecule has 0 aromatic heterocycles. The zero-order chi connectivity index (χ0) is 18.1. The molecule has 0 saturated carbocycles. The fourth-order valence-electron chi connectivity index (χ4n) is 2.78. The largest absolute Gasteiger partial charge is 0.346 e. The molecule has 25 heavy (non-hydrogen) atoms. The van der Waals surface area contributed by atoms with Crippen molar-refractivity contribution in [3.05, 3.63) is 35.9 Å². The number of hydrogen-bond acceptors (Lipinski definition) is 5. The summed E-state index contributed by atoms with van der Waals surface area (Å²) in [4.78, 5) is 28.3. The summed E-state index contributed by atoms with van der Waals surface area (Å²) in [5.41, 5.74) is 7.09. The van der Waals surface area contributed by atoms with Gasteiger partial charge in [-0.05, 0) is 24.0 Å². The summed E-state index contributed by atoms with van der Waals surface area (Å²) in [6, 6.07) is 9.80. The van der Waals surface area contributed by atoms with Gasteiger partial charge in [0.2, 0.25) is 11.8 Å². The van der Waals surface area contributed by atoms with Crippen LogP contribution < -0.4 is 11.1 Å². The van der Waals surface area contributed by atoms with Crippen LogP contribution in [0.3, 0.4) is 0 Å². The highest BCUT2D eigenvalue weighted by Gasteiger charge is 2.22. The van der Waals surface area contributed by atoms with Gasteiger partial charge in [0.1, 0.15) is 0 Å². The van der Waals surface area contributed by atoms with Crippen molar-refractivity contribution >= 4 is 23.6 Å². The van der Waals surface area contributed by atoms with Gasteiger partial charge in [0, 0.05) is 32.7 Å². The lowest BCUT2D eigenvalue weighted by atomic mass is 10.2. The average Bonchev–Trinajstić information content (AvgIpc) is 2.65. The predicted octanol–water partition coefficient (Wildman–Crippen LogP) is 0.527. The summed E-state index contributed by atoms with van der Waals surface area (Å²) >= 11 is 1.66. The Morgan fingerprint density at radius 1 is 1.20 bits per heavy atom. The first-order valence-electron chi connectivity index (χ1n) is 8.66. The van der Waals surface area contributed by atoms with Gasteiger partial charge in [-0.2, -0.15) is 11.8 Å². The van der Waals surface area contributed by atoms with E-state index >= 15 is 0 Å². The van der Waals surface area contributed by atoms with Crippen molar-refractivity contribution in [2.45, 2.75) is 19.0 Å². The van der Waals surface area contributed by atoms with Gasteiger partial charge in [-0.15, -0.1) is 0 Å². The predicted molar refractivity (Wildman–Crippen MR) is 102 cm³/mol. The molecule has 1 aromatic rings. The standard InChI is InChI=1S/C18H28N4O2S/c1-25-12-7-16(19)18(24)20-13-17(23)22-10-8-21(9-11-22)14-15-5-3-2-4-6-15/h2-6,16H,7-14,19H2,1H3,(H,20,24)/t16-/m0/s1. The van der Waals surface area contributed by atoms with Crippen molar-refractivity contribution in [1.82, 2.24) is 15.1 Å². The molecule has 1 heterocycles. The molecule has 1 atom stereocenters. The third kappa shape index (κ3) is 6.68. The lowest BCUT2D eigenvalue weighted by Crippen LogP contribution is -2.52. The van der Waals surface area contributed by atoms with Crippen LogP contribution in [0.2, 0.25) is 0 Å². The number of hydrogen-bond donors (Lipinski definition) is 2. The summed E-state index contributed by atoms with van der Waals surface area (Å²) in [5.74, 6) is 0.557. The quantitative estimate of drug-likeness (QED) is 0.703. The Labute approximate surface area is 154 Å². The first-order chi connectivity index (χ1) is 12.1. The molecule has 7 heteroatoms. The Kier molecular flexibility index (Phi) is 8.24. The Morgan fingerprint density at radius 3 is 2.52 bits per heavy atom. The van der Waals surface area contributed by atoms with Gasteiger partial charge >= 0.3 is 0 Å². The summed E-state index contributed by atoms with van der Waals surface area (Å²) in [7, 11) is 0. The van der Waals surface area contributed by atoms with Gasteiger partial charge < -0.3 is 16.0 Å². The molecule has 1 saturated heterocycles. The zero-order valence-electron chi connectivity index (χ0n) is 14.8. The molecule has 138 valence electrons. The van der Waals surface area contributed by atoms with E-state index in [4.69, 9.17) is 5.73 Å². The maximum atomic E-state index is 12.3. The molecule has 2 amide bonds. The first-order valence-corrected chi connectivity index (χ1v) is 10.1. The number of carbonyl (C=O) groups is 2. The molecule has 6 nitrogen and oxygen atoms in total. The summed E-state index contributed by atoms with van der Waals surface area (Å²) in [5, 5.41) is 2.66. The third-order valence-corrected chi connectivity index (χ3v) is 5.00. The molecule has 3 N–H and O–H groups in total. The monoisotopic (exact) mass is 364 g/mol. The molecule has 0 radical (unpaired) electrons. The summed E-state index contributed by atoms with van der Waals surface area (Å²) in [6.45, 7) is 4.03. The summed E-state index contributed by atoms with van der Waals surface area (Å²) in [6.07, 6.45) is 2.60. The number of carbonyl (C=O) groups excluding carboxylic acids is 2. The van der Waals surface area contributed by atoms with Crippen molar-refractivity contribution < 1.29 is 9.59 Å². The number of nitrogens with one attached hydrogen (secondary N) is 1. The van der Waals surface area contributed by atoms with Crippen molar-refractivity contribution in [2.24, 2.45) is 5.73 Å². The van der Waals surface area contributed by atoms with E-state index in [2.05, 4.69) is 22.3 Å². The molecule has 2 rings (SSSR count). The van der Waals surface area contributed by atoms with E-state index in [0.717, 1.165) is 25.4 Å². The number of benzene rings is 1. The van der Waals surface area contributed by atoms with E-state index in [1.807, 2.05) is 29.4 Å². The maximum absolute atomic E-state index is 12.3. The van der Waals surface area contributed by atoms with Crippen molar-refractivity contribution in [3.63, 3.8) is 0 Å². The van der Waals surface area contributed by atoms with Crippen LogP contribution in [0.1, 0.15) is 12.0 Å². The molecule has 0 spiro atoms. The van der Waals surface area contributed by atoms with Gasteiger partial charge in [-0.3, -0.25) is 14.5 Å². The normalized spacial score (nSPS) is 16.5. The maximum Gasteiger partial charge on any atom is 0.242 e. The number of nitrogens with zero attached hydrogens (tertiary/aromatic N) is 2. The van der Waals surface area contributed by atoms with Crippen LogP contribution in [-0.2, 0) is 16.1 Å². The minimum atomic E-state index is -0.539.